The van der Waals surface area contributed by atoms with Crippen molar-refractivity contribution in [3.05, 3.63) is 53.1 Å². The standard InChI is InChI=1S/C17H16ClNO6S/c1-24-15-8-5-12(9-14(15)18)19-16(20)10-25-17(21)11-3-6-13(7-4-11)26(2,22)23/h3-9H,10H2,1-2H3,(H,19,20). The Hall–Kier alpha value is -2.58. The molecule has 0 aliphatic carbocycles. The minimum Gasteiger partial charge on any atom is -0.495 e. The van der Waals surface area contributed by atoms with E-state index in [1.807, 2.05) is 0 Å². The summed E-state index contributed by atoms with van der Waals surface area (Å²) in [4.78, 5) is 23.9. The summed E-state index contributed by atoms with van der Waals surface area (Å²) in [6.45, 7) is -0.504. The minimum absolute atomic E-state index is 0.0863. The van der Waals surface area contributed by atoms with Crippen LogP contribution in [-0.4, -0.2) is 40.3 Å². The van der Waals surface area contributed by atoms with Crippen LogP contribution in [0.2, 0.25) is 5.02 Å². The molecule has 0 fully saturated rings. The minimum atomic E-state index is -3.35. The molecule has 0 unspecified atom stereocenters. The molecule has 1 N–H and O–H groups in total. The number of methoxy groups -OCH3 is 1. The van der Waals surface area contributed by atoms with Gasteiger partial charge in [-0.05, 0) is 42.5 Å². The van der Waals surface area contributed by atoms with Crippen LogP contribution >= 0.6 is 11.6 Å². The van der Waals surface area contributed by atoms with Gasteiger partial charge in [0, 0.05) is 11.9 Å². The molecule has 0 aromatic heterocycles. The Bertz CT molecular complexity index is 925. The van der Waals surface area contributed by atoms with E-state index < -0.39 is 28.3 Å². The van der Waals surface area contributed by atoms with Crippen molar-refractivity contribution in [1.82, 2.24) is 0 Å². The number of nitrogens with one attached hydrogen (secondary N) is 1. The zero-order chi connectivity index (χ0) is 19.3. The number of ether oxygens (including phenoxy) is 2. The molecule has 0 aliphatic rings. The molecule has 0 radical (unpaired) electrons. The summed E-state index contributed by atoms with van der Waals surface area (Å²) in [7, 11) is -1.88. The summed E-state index contributed by atoms with van der Waals surface area (Å²) in [5, 5.41) is 2.86. The number of carbonyl (C=O) groups excluding carboxylic acids is 2. The first-order chi connectivity index (χ1) is 12.2. The molecular weight excluding hydrogens is 382 g/mol. The topological polar surface area (TPSA) is 98.8 Å². The predicted molar refractivity (Wildman–Crippen MR) is 96.5 cm³/mol. The van der Waals surface area contributed by atoms with Gasteiger partial charge < -0.3 is 14.8 Å². The van der Waals surface area contributed by atoms with Crippen molar-refractivity contribution in [2.75, 3.05) is 25.3 Å². The van der Waals surface area contributed by atoms with E-state index in [2.05, 4.69) is 5.32 Å². The Kier molecular flexibility index (Phi) is 6.23. The van der Waals surface area contributed by atoms with Crippen molar-refractivity contribution in [1.29, 1.82) is 0 Å². The molecular formula is C17H16ClNO6S. The zero-order valence-corrected chi connectivity index (χ0v) is 15.6. The fourth-order valence-electron chi connectivity index (χ4n) is 1.99. The lowest BCUT2D eigenvalue weighted by Crippen LogP contribution is -2.21. The highest BCUT2D eigenvalue weighted by Gasteiger charge is 2.13. The van der Waals surface area contributed by atoms with Crippen molar-refractivity contribution in [3.8, 4) is 5.75 Å². The Balaban J connectivity index is 1.92. The average Bonchev–Trinajstić information content (AvgIpc) is 2.59. The lowest BCUT2D eigenvalue weighted by atomic mass is 10.2. The molecule has 0 heterocycles. The maximum Gasteiger partial charge on any atom is 0.338 e. The van der Waals surface area contributed by atoms with E-state index in [0.717, 1.165) is 6.26 Å². The Morgan fingerprint density at radius 2 is 1.77 bits per heavy atom. The van der Waals surface area contributed by atoms with E-state index in [1.54, 1.807) is 12.1 Å². The zero-order valence-electron chi connectivity index (χ0n) is 14.0. The number of esters is 1. The second-order valence-electron chi connectivity index (χ2n) is 5.27. The molecule has 0 spiro atoms. The van der Waals surface area contributed by atoms with E-state index in [9.17, 15) is 18.0 Å². The first kappa shape index (κ1) is 19.7. The van der Waals surface area contributed by atoms with Gasteiger partial charge in [-0.2, -0.15) is 0 Å². The highest BCUT2D eigenvalue weighted by atomic mass is 35.5. The van der Waals surface area contributed by atoms with Gasteiger partial charge in [-0.25, -0.2) is 13.2 Å². The summed E-state index contributed by atoms with van der Waals surface area (Å²) in [5.74, 6) is -0.825. The van der Waals surface area contributed by atoms with Gasteiger partial charge in [-0.15, -0.1) is 0 Å². The lowest BCUT2D eigenvalue weighted by Gasteiger charge is -2.09. The molecule has 0 saturated carbocycles. The van der Waals surface area contributed by atoms with E-state index in [0.29, 0.717) is 16.5 Å². The maximum absolute atomic E-state index is 11.9. The van der Waals surface area contributed by atoms with Crippen molar-refractivity contribution in [2.24, 2.45) is 0 Å². The number of rotatable bonds is 6. The third-order valence-electron chi connectivity index (χ3n) is 3.29. The molecule has 0 atom stereocenters. The summed E-state index contributed by atoms with van der Waals surface area (Å²) in [5.41, 5.74) is 0.562. The molecule has 138 valence electrons. The number of benzene rings is 2. The van der Waals surface area contributed by atoms with Gasteiger partial charge in [-0.1, -0.05) is 11.6 Å². The van der Waals surface area contributed by atoms with E-state index in [-0.39, 0.29) is 10.5 Å². The van der Waals surface area contributed by atoms with Crippen LogP contribution < -0.4 is 10.1 Å². The molecule has 1 amide bonds. The monoisotopic (exact) mass is 397 g/mol. The number of carbonyl (C=O) groups is 2. The molecule has 0 saturated heterocycles. The normalized spacial score (nSPS) is 10.9. The largest absolute Gasteiger partial charge is 0.495 e. The van der Waals surface area contributed by atoms with Crippen LogP contribution in [0.3, 0.4) is 0 Å². The summed E-state index contributed by atoms with van der Waals surface area (Å²) in [6.07, 6.45) is 1.07. The van der Waals surface area contributed by atoms with Crippen LogP contribution in [0, 0.1) is 0 Å². The number of hydrogen-bond acceptors (Lipinski definition) is 6. The van der Waals surface area contributed by atoms with Gasteiger partial charge >= 0.3 is 5.97 Å². The second kappa shape index (κ2) is 8.20. The molecule has 9 heteroatoms. The van der Waals surface area contributed by atoms with Gasteiger partial charge in [-0.3, -0.25) is 4.79 Å². The van der Waals surface area contributed by atoms with E-state index in [1.165, 1.54) is 37.4 Å². The Morgan fingerprint density at radius 3 is 2.31 bits per heavy atom. The Labute approximate surface area is 155 Å². The number of sulfone groups is 1. The highest BCUT2D eigenvalue weighted by molar-refractivity contribution is 7.90. The predicted octanol–water partition coefficient (Wildman–Crippen LogP) is 2.55. The Morgan fingerprint density at radius 1 is 1.12 bits per heavy atom. The fourth-order valence-corrected chi connectivity index (χ4v) is 2.88. The van der Waals surface area contributed by atoms with Gasteiger partial charge in [0.2, 0.25) is 0 Å². The van der Waals surface area contributed by atoms with Gasteiger partial charge in [0.05, 0.1) is 22.6 Å². The van der Waals surface area contributed by atoms with Crippen molar-refractivity contribution in [3.63, 3.8) is 0 Å². The van der Waals surface area contributed by atoms with Gasteiger partial charge in [0.15, 0.2) is 16.4 Å². The first-order valence-electron chi connectivity index (χ1n) is 7.31. The summed E-state index contributed by atoms with van der Waals surface area (Å²) >= 11 is 5.96. The number of halogens is 1. The third kappa shape index (κ3) is 5.21. The average molecular weight is 398 g/mol. The van der Waals surface area contributed by atoms with Crippen molar-refractivity contribution >= 4 is 39.0 Å². The van der Waals surface area contributed by atoms with Crippen LogP contribution in [0.1, 0.15) is 10.4 Å². The number of hydrogen-bond donors (Lipinski definition) is 1. The van der Waals surface area contributed by atoms with Gasteiger partial charge in [0.1, 0.15) is 5.75 Å². The van der Waals surface area contributed by atoms with Crippen LogP contribution in [-0.2, 0) is 19.4 Å². The second-order valence-corrected chi connectivity index (χ2v) is 7.69. The summed E-state index contributed by atoms with van der Waals surface area (Å²) in [6, 6.07) is 9.92. The molecule has 7 nitrogen and oxygen atoms in total. The molecule has 2 aromatic rings. The SMILES string of the molecule is COc1ccc(NC(=O)COC(=O)c2ccc(S(C)(=O)=O)cc2)cc1Cl. The molecule has 0 bridgehead atoms. The number of anilines is 1. The van der Waals surface area contributed by atoms with Gasteiger partial charge in [0.25, 0.3) is 5.91 Å². The fraction of sp³-hybridized carbons (Fsp3) is 0.176. The smallest absolute Gasteiger partial charge is 0.338 e. The van der Waals surface area contributed by atoms with E-state index >= 15 is 0 Å². The lowest BCUT2D eigenvalue weighted by molar-refractivity contribution is -0.119. The molecule has 26 heavy (non-hydrogen) atoms. The quantitative estimate of drug-likeness (QED) is 0.752. The van der Waals surface area contributed by atoms with Crippen LogP contribution in [0.15, 0.2) is 47.4 Å². The van der Waals surface area contributed by atoms with Crippen LogP contribution in [0.4, 0.5) is 5.69 Å². The van der Waals surface area contributed by atoms with Crippen molar-refractivity contribution < 1.29 is 27.5 Å². The third-order valence-corrected chi connectivity index (χ3v) is 4.71. The van der Waals surface area contributed by atoms with Crippen LogP contribution in [0.5, 0.6) is 5.75 Å². The first-order valence-corrected chi connectivity index (χ1v) is 9.58. The molecule has 2 rings (SSSR count). The highest BCUT2D eigenvalue weighted by Crippen LogP contribution is 2.27. The van der Waals surface area contributed by atoms with Crippen LogP contribution in [0.25, 0.3) is 0 Å². The molecule has 2 aromatic carbocycles. The maximum atomic E-state index is 11.9. The van der Waals surface area contributed by atoms with Crippen molar-refractivity contribution in [2.45, 2.75) is 4.90 Å². The summed E-state index contributed by atoms with van der Waals surface area (Å²) < 4.78 is 32.7. The van der Waals surface area contributed by atoms with E-state index in [4.69, 9.17) is 21.1 Å². The molecule has 0 aliphatic heterocycles. The number of amides is 1.